The van der Waals surface area contributed by atoms with Crippen LogP contribution in [0.15, 0.2) is 12.3 Å². The minimum absolute atomic E-state index is 0.584. The monoisotopic (exact) mass is 208 g/mol. The maximum absolute atomic E-state index is 4.44. The molecule has 0 aromatic carbocycles. The van der Waals surface area contributed by atoms with Crippen molar-refractivity contribution in [1.29, 1.82) is 0 Å². The van der Waals surface area contributed by atoms with Crippen molar-refractivity contribution in [3.8, 4) is 0 Å². The minimum atomic E-state index is 0.584. The summed E-state index contributed by atoms with van der Waals surface area (Å²) in [5.41, 5.74) is 0. The largest absolute Gasteiger partial charge is 0.352 e. The highest BCUT2D eigenvalue weighted by Gasteiger charge is 2.22. The van der Waals surface area contributed by atoms with Gasteiger partial charge in [0.25, 0.3) is 0 Å². The Hall–Kier alpha value is -1.03. The Labute approximate surface area is 91.3 Å². The normalized spacial score (nSPS) is 22.4. The molecule has 0 amide bonds. The summed E-state index contributed by atoms with van der Waals surface area (Å²) in [5.74, 6) is 1.78. The van der Waals surface area contributed by atoms with Gasteiger partial charge in [-0.3, -0.25) is 4.68 Å². The van der Waals surface area contributed by atoms with Crippen molar-refractivity contribution in [1.82, 2.24) is 15.1 Å². The zero-order chi connectivity index (χ0) is 10.8. The van der Waals surface area contributed by atoms with Gasteiger partial charge >= 0.3 is 0 Å². The van der Waals surface area contributed by atoms with Gasteiger partial charge in [0, 0.05) is 45.0 Å². The van der Waals surface area contributed by atoms with Crippen molar-refractivity contribution in [3.05, 3.63) is 12.3 Å². The number of aryl methyl sites for hydroxylation is 1. The van der Waals surface area contributed by atoms with Crippen molar-refractivity contribution in [2.75, 3.05) is 24.5 Å². The van der Waals surface area contributed by atoms with E-state index in [2.05, 4.69) is 35.2 Å². The van der Waals surface area contributed by atoms with Gasteiger partial charge in [0.05, 0.1) is 0 Å². The summed E-state index contributed by atoms with van der Waals surface area (Å²) in [7, 11) is 1.96. The first kappa shape index (κ1) is 10.5. The van der Waals surface area contributed by atoms with Crippen LogP contribution in [0.1, 0.15) is 13.8 Å². The Morgan fingerprint density at radius 2 is 2.33 bits per heavy atom. The lowest BCUT2D eigenvalue weighted by molar-refractivity contribution is 0.367. The van der Waals surface area contributed by atoms with Gasteiger partial charge in [-0.05, 0) is 5.92 Å². The van der Waals surface area contributed by atoms with Gasteiger partial charge in [0.15, 0.2) is 5.82 Å². The number of rotatable bonds is 2. The number of anilines is 1. The van der Waals surface area contributed by atoms with E-state index in [9.17, 15) is 0 Å². The molecule has 1 aromatic heterocycles. The zero-order valence-electron chi connectivity index (χ0n) is 9.77. The second kappa shape index (κ2) is 4.23. The summed E-state index contributed by atoms with van der Waals surface area (Å²) in [5, 5.41) is 7.99. The first-order chi connectivity index (χ1) is 7.16. The van der Waals surface area contributed by atoms with Gasteiger partial charge in [-0.15, -0.1) is 0 Å². The Kier molecular flexibility index (Phi) is 2.95. The Morgan fingerprint density at radius 1 is 1.53 bits per heavy atom. The molecule has 1 aliphatic rings. The van der Waals surface area contributed by atoms with Crippen LogP contribution in [0, 0.1) is 5.92 Å². The van der Waals surface area contributed by atoms with E-state index in [1.807, 2.05) is 17.9 Å². The number of nitrogens with zero attached hydrogens (tertiary/aromatic N) is 3. The van der Waals surface area contributed by atoms with Crippen LogP contribution in [0.4, 0.5) is 5.82 Å². The van der Waals surface area contributed by atoms with E-state index >= 15 is 0 Å². The quantitative estimate of drug-likeness (QED) is 0.782. The van der Waals surface area contributed by atoms with Crippen LogP contribution in [0.25, 0.3) is 0 Å². The summed E-state index contributed by atoms with van der Waals surface area (Å²) in [4.78, 5) is 2.36. The second-order valence-electron chi connectivity index (χ2n) is 4.60. The van der Waals surface area contributed by atoms with E-state index in [0.29, 0.717) is 12.0 Å². The fourth-order valence-electron chi connectivity index (χ4n) is 2.00. The molecule has 1 unspecified atom stereocenters. The molecule has 15 heavy (non-hydrogen) atoms. The lowest BCUT2D eigenvalue weighted by Gasteiger charge is -2.35. The fraction of sp³-hybridized carbons (Fsp3) is 0.727. The highest BCUT2D eigenvalue weighted by atomic mass is 15.3. The van der Waals surface area contributed by atoms with Gasteiger partial charge in [0.1, 0.15) is 0 Å². The highest BCUT2D eigenvalue weighted by Crippen LogP contribution is 2.15. The molecule has 84 valence electrons. The van der Waals surface area contributed by atoms with Crippen molar-refractivity contribution >= 4 is 5.82 Å². The van der Waals surface area contributed by atoms with Gasteiger partial charge in [0.2, 0.25) is 0 Å². The predicted octanol–water partition coefficient (Wildman–Crippen LogP) is 0.854. The maximum atomic E-state index is 4.44. The van der Waals surface area contributed by atoms with Crippen LogP contribution in [-0.2, 0) is 7.05 Å². The fourth-order valence-corrected chi connectivity index (χ4v) is 2.00. The molecule has 0 radical (unpaired) electrons. The molecular weight excluding hydrogens is 188 g/mol. The van der Waals surface area contributed by atoms with E-state index in [1.165, 1.54) is 0 Å². The molecule has 0 aliphatic carbocycles. The van der Waals surface area contributed by atoms with Crippen LogP contribution in [-0.4, -0.2) is 35.5 Å². The number of piperazine rings is 1. The second-order valence-corrected chi connectivity index (χ2v) is 4.60. The first-order valence-corrected chi connectivity index (χ1v) is 5.65. The molecule has 2 rings (SSSR count). The van der Waals surface area contributed by atoms with Crippen molar-refractivity contribution in [2.45, 2.75) is 19.9 Å². The van der Waals surface area contributed by atoms with Gasteiger partial charge < -0.3 is 10.2 Å². The smallest absolute Gasteiger partial charge is 0.150 e. The molecule has 0 saturated carbocycles. The first-order valence-electron chi connectivity index (χ1n) is 5.65. The van der Waals surface area contributed by atoms with Crippen LogP contribution < -0.4 is 10.2 Å². The van der Waals surface area contributed by atoms with E-state index in [4.69, 9.17) is 0 Å². The molecule has 1 aromatic rings. The van der Waals surface area contributed by atoms with E-state index < -0.39 is 0 Å². The van der Waals surface area contributed by atoms with Gasteiger partial charge in [-0.1, -0.05) is 13.8 Å². The average molecular weight is 208 g/mol. The summed E-state index contributed by atoms with van der Waals surface area (Å²) in [6.07, 6.45) is 2.00. The molecule has 1 saturated heterocycles. The third-order valence-corrected chi connectivity index (χ3v) is 3.03. The van der Waals surface area contributed by atoms with Crippen molar-refractivity contribution in [3.63, 3.8) is 0 Å². The van der Waals surface area contributed by atoms with E-state index in [0.717, 1.165) is 25.5 Å². The van der Waals surface area contributed by atoms with Crippen LogP contribution in [0.2, 0.25) is 0 Å². The lowest BCUT2D eigenvalue weighted by Crippen LogP contribution is -2.53. The molecule has 0 bridgehead atoms. The van der Waals surface area contributed by atoms with Crippen LogP contribution >= 0.6 is 0 Å². The van der Waals surface area contributed by atoms with Crippen molar-refractivity contribution < 1.29 is 0 Å². The topological polar surface area (TPSA) is 33.1 Å². The molecule has 1 fully saturated rings. The average Bonchev–Trinajstić information content (AvgIpc) is 2.65. The summed E-state index contributed by atoms with van der Waals surface area (Å²) >= 11 is 0. The number of aromatic nitrogens is 2. The zero-order valence-corrected chi connectivity index (χ0v) is 9.77. The summed E-state index contributed by atoms with van der Waals surface area (Å²) < 4.78 is 1.86. The van der Waals surface area contributed by atoms with Gasteiger partial charge in [-0.2, -0.15) is 5.10 Å². The number of hydrogen-bond donors (Lipinski definition) is 1. The lowest BCUT2D eigenvalue weighted by atomic mass is 10.0. The highest BCUT2D eigenvalue weighted by molar-refractivity contribution is 5.37. The Morgan fingerprint density at radius 3 is 2.93 bits per heavy atom. The molecule has 1 aliphatic heterocycles. The van der Waals surface area contributed by atoms with Crippen LogP contribution in [0.3, 0.4) is 0 Å². The molecule has 2 heterocycles. The minimum Gasteiger partial charge on any atom is -0.352 e. The maximum Gasteiger partial charge on any atom is 0.150 e. The molecule has 0 spiro atoms. The van der Waals surface area contributed by atoms with E-state index in [1.54, 1.807) is 0 Å². The molecule has 4 heteroatoms. The van der Waals surface area contributed by atoms with Crippen molar-refractivity contribution in [2.24, 2.45) is 13.0 Å². The third-order valence-electron chi connectivity index (χ3n) is 3.03. The summed E-state index contributed by atoms with van der Waals surface area (Å²) in [6.45, 7) is 7.70. The SMILES string of the molecule is CC(C)C1CN(c2ccn(C)n2)CCN1. The van der Waals surface area contributed by atoms with Gasteiger partial charge in [-0.25, -0.2) is 0 Å². The Balaban J connectivity index is 2.04. The number of nitrogens with one attached hydrogen (secondary N) is 1. The Bertz CT molecular complexity index is 318. The molecular formula is C11H20N4. The number of hydrogen-bond acceptors (Lipinski definition) is 3. The van der Waals surface area contributed by atoms with Crippen LogP contribution in [0.5, 0.6) is 0 Å². The third kappa shape index (κ3) is 2.31. The molecule has 1 N–H and O–H groups in total. The molecule has 1 atom stereocenters. The van der Waals surface area contributed by atoms with E-state index in [-0.39, 0.29) is 0 Å². The standard InChI is InChI=1S/C11H20N4/c1-9(2)10-8-15(7-5-12-10)11-4-6-14(3)13-11/h4,6,9-10,12H,5,7-8H2,1-3H3. The molecule has 4 nitrogen and oxygen atoms in total. The summed E-state index contributed by atoms with van der Waals surface area (Å²) in [6, 6.07) is 2.67. The predicted molar refractivity (Wildman–Crippen MR) is 62.0 cm³/mol.